The van der Waals surface area contributed by atoms with Gasteiger partial charge < -0.3 is 29.5 Å². The number of ether oxygens (including phenoxy) is 3. The van der Waals surface area contributed by atoms with E-state index in [0.29, 0.717) is 6.61 Å². The highest BCUT2D eigenvalue weighted by atomic mass is 16.6. The van der Waals surface area contributed by atoms with Crippen LogP contribution in [-0.4, -0.2) is 53.1 Å². The summed E-state index contributed by atoms with van der Waals surface area (Å²) in [5.74, 6) is -0.776. The van der Waals surface area contributed by atoms with E-state index in [4.69, 9.17) is 14.2 Å². The maximum atomic E-state index is 10.8. The summed E-state index contributed by atoms with van der Waals surface area (Å²) in [5, 5.41) is 30.2. The molecule has 0 spiro atoms. The Labute approximate surface area is 165 Å². The molecular formula is C22H28O6. The molecule has 2 aromatic carbocycles. The normalized spacial score (nSPS) is 27.8. The molecule has 0 amide bonds. The van der Waals surface area contributed by atoms with Crippen molar-refractivity contribution < 1.29 is 29.5 Å². The molecule has 1 fully saturated rings. The van der Waals surface area contributed by atoms with E-state index in [-0.39, 0.29) is 13.0 Å². The summed E-state index contributed by atoms with van der Waals surface area (Å²) in [5.41, 5.74) is 1.95. The number of hydrogen-bond acceptors (Lipinski definition) is 6. The van der Waals surface area contributed by atoms with Crippen LogP contribution in [0.2, 0.25) is 0 Å². The van der Waals surface area contributed by atoms with Gasteiger partial charge in [0.25, 0.3) is 0 Å². The molecule has 2 aromatic rings. The zero-order chi connectivity index (χ0) is 19.9. The van der Waals surface area contributed by atoms with E-state index in [0.717, 1.165) is 11.1 Å². The molecule has 1 saturated carbocycles. The molecule has 1 aliphatic carbocycles. The molecule has 0 radical (unpaired) electrons. The third-order valence-electron chi connectivity index (χ3n) is 5.23. The second-order valence-corrected chi connectivity index (χ2v) is 7.10. The lowest BCUT2D eigenvalue weighted by Gasteiger charge is -2.44. The Morgan fingerprint density at radius 1 is 0.857 bits per heavy atom. The topological polar surface area (TPSA) is 88.4 Å². The van der Waals surface area contributed by atoms with Gasteiger partial charge in [-0.05, 0) is 17.5 Å². The van der Waals surface area contributed by atoms with Gasteiger partial charge in [-0.1, -0.05) is 60.7 Å². The minimum atomic E-state index is -1.66. The molecule has 5 atom stereocenters. The van der Waals surface area contributed by atoms with Crippen LogP contribution in [0.25, 0.3) is 0 Å². The molecule has 6 heteroatoms. The van der Waals surface area contributed by atoms with E-state index in [1.165, 1.54) is 0 Å². The Balaban J connectivity index is 1.76. The second-order valence-electron chi connectivity index (χ2n) is 7.10. The number of aliphatic hydroxyl groups excluding tert-OH is 2. The van der Waals surface area contributed by atoms with E-state index >= 15 is 0 Å². The van der Waals surface area contributed by atoms with Crippen LogP contribution in [0.1, 0.15) is 17.5 Å². The van der Waals surface area contributed by atoms with E-state index in [1.807, 2.05) is 60.7 Å². The number of benzene rings is 2. The summed E-state index contributed by atoms with van der Waals surface area (Å²) in [7, 11) is 1.55. The van der Waals surface area contributed by atoms with Crippen molar-refractivity contribution >= 4 is 0 Å². The van der Waals surface area contributed by atoms with Gasteiger partial charge in [0.05, 0.1) is 25.4 Å². The summed E-state index contributed by atoms with van der Waals surface area (Å²) in [4.78, 5) is 0. The first kappa shape index (κ1) is 20.9. The summed E-state index contributed by atoms with van der Waals surface area (Å²) in [6.07, 6.45) is -4.21. The predicted octanol–water partition coefficient (Wildman–Crippen LogP) is 1.86. The summed E-state index contributed by atoms with van der Waals surface area (Å²) in [6.45, 7) is 0.619. The van der Waals surface area contributed by atoms with Crippen LogP contribution < -0.4 is 0 Å². The van der Waals surface area contributed by atoms with E-state index in [1.54, 1.807) is 7.11 Å². The lowest BCUT2D eigenvalue weighted by Crippen LogP contribution is -2.58. The average molecular weight is 388 g/mol. The van der Waals surface area contributed by atoms with Gasteiger partial charge in [0.15, 0.2) is 6.29 Å². The molecule has 28 heavy (non-hydrogen) atoms. The Morgan fingerprint density at radius 2 is 1.36 bits per heavy atom. The van der Waals surface area contributed by atoms with Gasteiger partial charge in [-0.25, -0.2) is 0 Å². The number of aliphatic hydroxyl groups is 3. The third-order valence-corrected chi connectivity index (χ3v) is 5.23. The van der Waals surface area contributed by atoms with Crippen molar-refractivity contribution in [1.29, 1.82) is 0 Å². The van der Waals surface area contributed by atoms with Gasteiger partial charge >= 0.3 is 0 Å². The molecule has 152 valence electrons. The van der Waals surface area contributed by atoms with Crippen molar-refractivity contribution in [1.82, 2.24) is 0 Å². The highest BCUT2D eigenvalue weighted by Gasteiger charge is 2.48. The maximum absolute atomic E-state index is 10.8. The van der Waals surface area contributed by atoms with Crippen LogP contribution in [0.5, 0.6) is 0 Å². The SMILES string of the molecule is COC1CC(C(O)O)C(O)C(OCc2ccccc2)C1OCc1ccccc1. The predicted molar refractivity (Wildman–Crippen MR) is 103 cm³/mol. The molecule has 6 nitrogen and oxygen atoms in total. The van der Waals surface area contributed by atoms with Crippen LogP contribution in [0, 0.1) is 5.92 Å². The molecule has 1 aliphatic rings. The highest BCUT2D eigenvalue weighted by molar-refractivity contribution is 5.14. The van der Waals surface area contributed by atoms with Crippen molar-refractivity contribution in [3.63, 3.8) is 0 Å². The van der Waals surface area contributed by atoms with Crippen molar-refractivity contribution in [2.24, 2.45) is 5.92 Å². The smallest absolute Gasteiger partial charge is 0.156 e. The van der Waals surface area contributed by atoms with Gasteiger partial charge in [0, 0.05) is 13.0 Å². The Hall–Kier alpha value is -1.80. The molecular weight excluding hydrogens is 360 g/mol. The summed E-state index contributed by atoms with van der Waals surface area (Å²) < 4.78 is 17.7. The van der Waals surface area contributed by atoms with Gasteiger partial charge in [0.2, 0.25) is 0 Å². The van der Waals surface area contributed by atoms with E-state index in [2.05, 4.69) is 0 Å². The lowest BCUT2D eigenvalue weighted by molar-refractivity contribution is -0.239. The monoisotopic (exact) mass is 388 g/mol. The third kappa shape index (κ3) is 5.17. The van der Waals surface area contributed by atoms with Gasteiger partial charge in [-0.3, -0.25) is 0 Å². The van der Waals surface area contributed by atoms with Crippen molar-refractivity contribution in [2.45, 2.75) is 50.3 Å². The standard InChI is InChI=1S/C22H28O6/c1-26-18-12-17(22(24)25)19(23)21(28-14-16-10-6-3-7-11-16)20(18)27-13-15-8-4-2-5-9-15/h2-11,17-25H,12-14H2,1H3. The molecule has 0 aliphatic heterocycles. The Kier molecular flexibility index (Phi) is 7.56. The zero-order valence-electron chi connectivity index (χ0n) is 15.9. The van der Waals surface area contributed by atoms with Crippen molar-refractivity contribution in [3.8, 4) is 0 Å². The second kappa shape index (κ2) is 10.1. The zero-order valence-corrected chi connectivity index (χ0v) is 15.9. The molecule has 0 saturated heterocycles. The van der Waals surface area contributed by atoms with Gasteiger partial charge in [0.1, 0.15) is 12.2 Å². The van der Waals surface area contributed by atoms with Crippen LogP contribution in [-0.2, 0) is 27.4 Å². The number of methoxy groups -OCH3 is 1. The minimum absolute atomic E-state index is 0.264. The molecule has 3 N–H and O–H groups in total. The Bertz CT molecular complexity index is 693. The van der Waals surface area contributed by atoms with Crippen LogP contribution in [0.15, 0.2) is 60.7 Å². The largest absolute Gasteiger partial charge is 0.390 e. The van der Waals surface area contributed by atoms with Crippen LogP contribution in [0.3, 0.4) is 0 Å². The number of hydrogen-bond donors (Lipinski definition) is 3. The molecule has 0 bridgehead atoms. The van der Waals surface area contributed by atoms with Gasteiger partial charge in [-0.2, -0.15) is 0 Å². The first-order chi connectivity index (χ1) is 13.6. The Morgan fingerprint density at radius 3 is 1.82 bits per heavy atom. The first-order valence-electron chi connectivity index (χ1n) is 9.48. The fraction of sp³-hybridized carbons (Fsp3) is 0.455. The summed E-state index contributed by atoms with van der Waals surface area (Å²) >= 11 is 0. The average Bonchev–Trinajstić information content (AvgIpc) is 2.72. The van der Waals surface area contributed by atoms with E-state index < -0.39 is 36.6 Å². The maximum Gasteiger partial charge on any atom is 0.156 e. The van der Waals surface area contributed by atoms with E-state index in [9.17, 15) is 15.3 Å². The molecule has 0 aromatic heterocycles. The lowest BCUT2D eigenvalue weighted by atomic mass is 9.80. The quantitative estimate of drug-likeness (QED) is 0.599. The fourth-order valence-corrected chi connectivity index (χ4v) is 3.65. The van der Waals surface area contributed by atoms with Crippen molar-refractivity contribution in [2.75, 3.05) is 7.11 Å². The fourth-order valence-electron chi connectivity index (χ4n) is 3.65. The van der Waals surface area contributed by atoms with Crippen LogP contribution in [0.4, 0.5) is 0 Å². The van der Waals surface area contributed by atoms with Crippen molar-refractivity contribution in [3.05, 3.63) is 71.8 Å². The van der Waals surface area contributed by atoms with Crippen LogP contribution >= 0.6 is 0 Å². The minimum Gasteiger partial charge on any atom is -0.390 e. The molecule has 0 heterocycles. The molecule has 3 rings (SSSR count). The molecule has 5 unspecified atom stereocenters. The summed E-state index contributed by atoms with van der Waals surface area (Å²) in [6, 6.07) is 19.3. The first-order valence-corrected chi connectivity index (χ1v) is 9.48. The van der Waals surface area contributed by atoms with Gasteiger partial charge in [-0.15, -0.1) is 0 Å². The highest BCUT2D eigenvalue weighted by Crippen LogP contribution is 2.33. The number of rotatable bonds is 8.